The molecule has 0 unspecified atom stereocenters. The molecule has 1 amide bonds. The van der Waals surface area contributed by atoms with Crippen LogP contribution in [-0.2, 0) is 4.79 Å². The summed E-state index contributed by atoms with van der Waals surface area (Å²) in [6, 6.07) is 4.05. The summed E-state index contributed by atoms with van der Waals surface area (Å²) >= 11 is 0. The predicted octanol–water partition coefficient (Wildman–Crippen LogP) is 1.63. The molecule has 1 saturated heterocycles. The van der Waals surface area contributed by atoms with Gasteiger partial charge in [0, 0.05) is 25.8 Å². The Morgan fingerprint density at radius 2 is 2.10 bits per heavy atom. The largest absolute Gasteiger partial charge is 0.364 e. The average molecular weight is 272 g/mol. The van der Waals surface area contributed by atoms with E-state index in [9.17, 15) is 10.1 Å². The molecule has 20 heavy (non-hydrogen) atoms. The Bertz CT molecular complexity index is 556. The number of carbonyl (C=O) groups is 1. The number of pyridine rings is 1. The molecule has 0 N–H and O–H groups in total. The number of amides is 1. The minimum atomic E-state index is 0.126. The summed E-state index contributed by atoms with van der Waals surface area (Å²) in [5, 5.41) is 9.27. The molecule has 1 fully saturated rings. The highest BCUT2D eigenvalue weighted by Crippen LogP contribution is 2.22. The lowest BCUT2D eigenvalue weighted by molar-refractivity contribution is -0.128. The van der Waals surface area contributed by atoms with Crippen molar-refractivity contribution in [1.29, 1.82) is 5.26 Å². The van der Waals surface area contributed by atoms with Crippen molar-refractivity contribution in [2.24, 2.45) is 0 Å². The molecular weight excluding hydrogens is 252 g/mol. The minimum absolute atomic E-state index is 0.126. The van der Waals surface area contributed by atoms with E-state index < -0.39 is 0 Å². The second kappa shape index (κ2) is 5.91. The number of nitriles is 1. The van der Waals surface area contributed by atoms with E-state index in [-0.39, 0.29) is 5.91 Å². The van der Waals surface area contributed by atoms with Gasteiger partial charge in [-0.2, -0.15) is 5.26 Å². The van der Waals surface area contributed by atoms with Crippen molar-refractivity contribution in [2.75, 3.05) is 31.6 Å². The zero-order valence-electron chi connectivity index (χ0n) is 12.3. The van der Waals surface area contributed by atoms with Crippen LogP contribution in [0.4, 0.5) is 5.69 Å². The van der Waals surface area contributed by atoms with E-state index in [1.807, 2.05) is 36.8 Å². The zero-order valence-corrected chi connectivity index (χ0v) is 12.3. The number of likely N-dealkylation sites (tertiary alicyclic amines) is 1. The number of anilines is 1. The SMILES string of the molecule is Cc1cc(N(C)CC(=O)N2CCCC2)c(C#N)c(C)n1. The number of likely N-dealkylation sites (N-methyl/N-ethyl adjacent to an activating group) is 1. The summed E-state index contributed by atoms with van der Waals surface area (Å²) in [6.07, 6.45) is 2.18. The molecular formula is C15H20N4O. The van der Waals surface area contributed by atoms with Gasteiger partial charge >= 0.3 is 0 Å². The summed E-state index contributed by atoms with van der Waals surface area (Å²) in [7, 11) is 1.85. The fraction of sp³-hybridized carbons (Fsp3) is 0.533. The van der Waals surface area contributed by atoms with E-state index in [1.165, 1.54) is 0 Å². The van der Waals surface area contributed by atoms with E-state index in [0.29, 0.717) is 17.8 Å². The molecule has 2 heterocycles. The topological polar surface area (TPSA) is 60.2 Å². The van der Waals surface area contributed by atoms with Gasteiger partial charge in [0.15, 0.2) is 0 Å². The third-order valence-corrected chi connectivity index (χ3v) is 3.66. The quantitative estimate of drug-likeness (QED) is 0.839. The molecule has 0 aromatic carbocycles. The number of aromatic nitrogens is 1. The Kier molecular flexibility index (Phi) is 4.23. The van der Waals surface area contributed by atoms with Crippen molar-refractivity contribution in [1.82, 2.24) is 9.88 Å². The van der Waals surface area contributed by atoms with Gasteiger partial charge in [0.1, 0.15) is 6.07 Å². The highest BCUT2D eigenvalue weighted by Gasteiger charge is 2.21. The van der Waals surface area contributed by atoms with Crippen LogP contribution in [0.5, 0.6) is 0 Å². The monoisotopic (exact) mass is 272 g/mol. The molecule has 0 bridgehead atoms. The van der Waals surface area contributed by atoms with Gasteiger partial charge in [-0.1, -0.05) is 0 Å². The van der Waals surface area contributed by atoms with Gasteiger partial charge < -0.3 is 9.80 Å². The number of aryl methyl sites for hydroxylation is 2. The molecule has 0 aliphatic carbocycles. The van der Waals surface area contributed by atoms with Crippen molar-refractivity contribution >= 4 is 11.6 Å². The van der Waals surface area contributed by atoms with Crippen LogP contribution < -0.4 is 4.90 Å². The van der Waals surface area contributed by atoms with Gasteiger partial charge in [-0.05, 0) is 32.8 Å². The summed E-state index contributed by atoms with van der Waals surface area (Å²) in [5.41, 5.74) is 2.90. The third kappa shape index (κ3) is 2.90. The second-order valence-electron chi connectivity index (χ2n) is 5.30. The van der Waals surface area contributed by atoms with Gasteiger partial charge in [0.2, 0.25) is 5.91 Å². The molecule has 2 rings (SSSR count). The number of carbonyl (C=O) groups excluding carboxylic acids is 1. The second-order valence-corrected chi connectivity index (χ2v) is 5.30. The summed E-state index contributed by atoms with van der Waals surface area (Å²) in [6.45, 7) is 5.73. The maximum Gasteiger partial charge on any atom is 0.242 e. The molecule has 0 saturated carbocycles. The number of rotatable bonds is 3. The van der Waals surface area contributed by atoms with Crippen LogP contribution in [0.3, 0.4) is 0 Å². The van der Waals surface area contributed by atoms with E-state index >= 15 is 0 Å². The summed E-state index contributed by atoms with van der Waals surface area (Å²) in [4.78, 5) is 20.2. The Balaban J connectivity index is 2.18. The smallest absolute Gasteiger partial charge is 0.242 e. The van der Waals surface area contributed by atoms with E-state index in [1.54, 1.807) is 0 Å². The molecule has 0 radical (unpaired) electrons. The normalized spacial score (nSPS) is 14.2. The Labute approximate surface area is 119 Å². The molecule has 0 atom stereocenters. The van der Waals surface area contributed by atoms with Crippen LogP contribution in [0.25, 0.3) is 0 Å². The summed E-state index contributed by atoms with van der Waals surface area (Å²) < 4.78 is 0. The maximum absolute atomic E-state index is 12.2. The van der Waals surface area contributed by atoms with Gasteiger partial charge in [0.25, 0.3) is 0 Å². The molecule has 1 aromatic heterocycles. The lowest BCUT2D eigenvalue weighted by Crippen LogP contribution is -2.37. The molecule has 1 aliphatic heterocycles. The first-order valence-electron chi connectivity index (χ1n) is 6.90. The Morgan fingerprint density at radius 1 is 1.45 bits per heavy atom. The summed E-state index contributed by atoms with van der Waals surface area (Å²) in [5.74, 6) is 0.126. The third-order valence-electron chi connectivity index (χ3n) is 3.66. The van der Waals surface area contributed by atoms with E-state index in [4.69, 9.17) is 0 Å². The molecule has 0 spiro atoms. The average Bonchev–Trinajstić information content (AvgIpc) is 2.91. The van der Waals surface area contributed by atoms with Crippen LogP contribution in [0.15, 0.2) is 6.07 Å². The van der Waals surface area contributed by atoms with E-state index in [0.717, 1.165) is 37.3 Å². The van der Waals surface area contributed by atoms with Crippen molar-refractivity contribution in [2.45, 2.75) is 26.7 Å². The predicted molar refractivity (Wildman–Crippen MR) is 77.5 cm³/mol. The lowest BCUT2D eigenvalue weighted by atomic mass is 10.1. The molecule has 106 valence electrons. The molecule has 5 heteroatoms. The Hall–Kier alpha value is -2.09. The number of hydrogen-bond acceptors (Lipinski definition) is 4. The van der Waals surface area contributed by atoms with Crippen molar-refractivity contribution in [3.63, 3.8) is 0 Å². The van der Waals surface area contributed by atoms with Gasteiger partial charge in [0.05, 0.1) is 23.5 Å². The van der Waals surface area contributed by atoms with Crippen molar-refractivity contribution < 1.29 is 4.79 Å². The van der Waals surface area contributed by atoms with Crippen molar-refractivity contribution in [3.05, 3.63) is 23.0 Å². The fourth-order valence-electron chi connectivity index (χ4n) is 2.60. The highest BCUT2D eigenvalue weighted by molar-refractivity contribution is 5.82. The standard InChI is InChI=1S/C15H20N4O/c1-11-8-14(13(9-16)12(2)17-11)18(3)10-15(20)19-6-4-5-7-19/h8H,4-7,10H2,1-3H3. The minimum Gasteiger partial charge on any atom is -0.364 e. The first-order chi connectivity index (χ1) is 9.52. The van der Waals surface area contributed by atoms with Crippen LogP contribution >= 0.6 is 0 Å². The number of hydrogen-bond donors (Lipinski definition) is 0. The first-order valence-corrected chi connectivity index (χ1v) is 6.90. The van der Waals surface area contributed by atoms with Gasteiger partial charge in [-0.3, -0.25) is 9.78 Å². The zero-order chi connectivity index (χ0) is 14.7. The lowest BCUT2D eigenvalue weighted by Gasteiger charge is -2.24. The molecule has 1 aromatic rings. The van der Waals surface area contributed by atoms with Crippen LogP contribution in [0, 0.1) is 25.2 Å². The number of nitrogens with zero attached hydrogens (tertiary/aromatic N) is 4. The van der Waals surface area contributed by atoms with Gasteiger partial charge in [-0.25, -0.2) is 0 Å². The van der Waals surface area contributed by atoms with Crippen molar-refractivity contribution in [3.8, 4) is 6.07 Å². The van der Waals surface area contributed by atoms with Crippen LogP contribution in [0.2, 0.25) is 0 Å². The Morgan fingerprint density at radius 3 is 2.70 bits per heavy atom. The molecule has 5 nitrogen and oxygen atoms in total. The van der Waals surface area contributed by atoms with E-state index in [2.05, 4.69) is 11.1 Å². The van der Waals surface area contributed by atoms with Crippen LogP contribution in [0.1, 0.15) is 29.8 Å². The molecule has 1 aliphatic rings. The fourth-order valence-corrected chi connectivity index (χ4v) is 2.60. The van der Waals surface area contributed by atoms with Gasteiger partial charge in [-0.15, -0.1) is 0 Å². The first kappa shape index (κ1) is 14.3. The maximum atomic E-state index is 12.2. The highest BCUT2D eigenvalue weighted by atomic mass is 16.2. The van der Waals surface area contributed by atoms with Crippen LogP contribution in [-0.4, -0.2) is 42.5 Å².